The molecule has 0 bridgehead atoms. The van der Waals surface area contributed by atoms with Gasteiger partial charge in [0.1, 0.15) is 5.82 Å². The molecule has 5 nitrogen and oxygen atoms in total. The molecule has 6 heteroatoms. The summed E-state index contributed by atoms with van der Waals surface area (Å²) in [7, 11) is 0. The van der Waals surface area contributed by atoms with E-state index in [-0.39, 0.29) is 5.91 Å². The van der Waals surface area contributed by atoms with Crippen molar-refractivity contribution in [3.63, 3.8) is 0 Å². The molecule has 0 saturated heterocycles. The van der Waals surface area contributed by atoms with E-state index < -0.39 is 0 Å². The summed E-state index contributed by atoms with van der Waals surface area (Å²) >= 11 is 1.60. The van der Waals surface area contributed by atoms with E-state index in [9.17, 15) is 4.79 Å². The maximum atomic E-state index is 12.4. The van der Waals surface area contributed by atoms with E-state index in [0.717, 1.165) is 17.1 Å². The van der Waals surface area contributed by atoms with Crippen molar-refractivity contribution in [3.05, 3.63) is 103 Å². The fraction of sp³-hybridized carbons (Fsp3) is 0.200. The summed E-state index contributed by atoms with van der Waals surface area (Å²) in [5.74, 6) is 2.48. The molecule has 0 spiro atoms. The van der Waals surface area contributed by atoms with Crippen molar-refractivity contribution >= 4 is 17.7 Å². The molecule has 2 aromatic carbocycles. The standard InChI is InChI=1S/C25H26N4OS/c1-20(21-10-4-2-5-11-21)16-26-24(30)19-31-18-22-17-27-29(23-12-6-3-7-13-23)25(22)28-14-8-9-15-28/h2-15,17,20H,16,18-19H2,1H3,(H,26,30). The van der Waals surface area contributed by atoms with Gasteiger partial charge in [0.25, 0.3) is 0 Å². The monoisotopic (exact) mass is 430 g/mol. The largest absolute Gasteiger partial charge is 0.355 e. The molecule has 1 unspecified atom stereocenters. The molecule has 0 saturated carbocycles. The number of nitrogens with zero attached hydrogens (tertiary/aromatic N) is 3. The fourth-order valence-corrected chi connectivity index (χ4v) is 4.27. The van der Waals surface area contributed by atoms with Crippen molar-refractivity contribution in [2.45, 2.75) is 18.6 Å². The number of nitrogens with one attached hydrogen (secondary N) is 1. The molecule has 0 aliphatic rings. The molecule has 1 atom stereocenters. The van der Waals surface area contributed by atoms with Gasteiger partial charge in [0.15, 0.2) is 0 Å². The lowest BCUT2D eigenvalue weighted by Crippen LogP contribution is -2.29. The molecule has 158 valence electrons. The topological polar surface area (TPSA) is 51.9 Å². The Labute approximate surface area is 187 Å². The third-order valence-corrected chi connectivity index (χ3v) is 6.11. The quantitative estimate of drug-likeness (QED) is 0.414. The van der Waals surface area contributed by atoms with Crippen LogP contribution in [0.1, 0.15) is 24.0 Å². The van der Waals surface area contributed by atoms with Crippen molar-refractivity contribution in [1.82, 2.24) is 19.7 Å². The molecule has 0 fully saturated rings. The third kappa shape index (κ3) is 5.27. The summed E-state index contributed by atoms with van der Waals surface area (Å²) < 4.78 is 4.01. The van der Waals surface area contributed by atoms with Crippen LogP contribution in [0.25, 0.3) is 11.5 Å². The Bertz CT molecular complexity index is 1090. The molecular formula is C25H26N4OS. The number of carbonyl (C=O) groups excluding carboxylic acids is 1. The number of amides is 1. The molecule has 1 amide bonds. The van der Waals surface area contributed by atoms with E-state index in [0.29, 0.717) is 24.0 Å². The Hall–Kier alpha value is -3.25. The lowest BCUT2D eigenvalue weighted by atomic mass is 10.0. The minimum Gasteiger partial charge on any atom is -0.355 e. The first-order chi connectivity index (χ1) is 15.2. The third-order valence-electron chi connectivity index (χ3n) is 5.13. The van der Waals surface area contributed by atoms with E-state index in [4.69, 9.17) is 0 Å². The number of carbonyl (C=O) groups is 1. The van der Waals surface area contributed by atoms with Crippen LogP contribution < -0.4 is 5.32 Å². The predicted molar refractivity (Wildman–Crippen MR) is 127 cm³/mol. The van der Waals surface area contributed by atoms with Gasteiger partial charge in [0.2, 0.25) is 5.91 Å². The van der Waals surface area contributed by atoms with Gasteiger partial charge in [-0.25, -0.2) is 4.68 Å². The zero-order valence-electron chi connectivity index (χ0n) is 17.5. The first kappa shape index (κ1) is 21.0. The minimum atomic E-state index is 0.0609. The van der Waals surface area contributed by atoms with Gasteiger partial charge >= 0.3 is 0 Å². The zero-order chi connectivity index (χ0) is 21.5. The van der Waals surface area contributed by atoms with Crippen LogP contribution in [0.5, 0.6) is 0 Å². The number of para-hydroxylation sites is 1. The van der Waals surface area contributed by atoms with Crippen LogP contribution in [-0.2, 0) is 10.5 Å². The molecular weight excluding hydrogens is 404 g/mol. The van der Waals surface area contributed by atoms with Gasteiger partial charge < -0.3 is 9.88 Å². The molecule has 2 heterocycles. The number of rotatable bonds is 9. The van der Waals surface area contributed by atoms with Crippen LogP contribution in [0.15, 0.2) is 91.4 Å². The van der Waals surface area contributed by atoms with Gasteiger partial charge in [-0.3, -0.25) is 4.79 Å². The lowest BCUT2D eigenvalue weighted by Gasteiger charge is -2.13. The molecule has 2 aromatic heterocycles. The molecule has 0 aliphatic carbocycles. The van der Waals surface area contributed by atoms with Crippen molar-refractivity contribution in [1.29, 1.82) is 0 Å². The summed E-state index contributed by atoms with van der Waals surface area (Å²) in [5.41, 5.74) is 3.34. The normalized spacial score (nSPS) is 11.9. The molecule has 0 aliphatic heterocycles. The van der Waals surface area contributed by atoms with Crippen molar-refractivity contribution in [2.75, 3.05) is 12.3 Å². The van der Waals surface area contributed by atoms with E-state index in [1.807, 2.05) is 83.9 Å². The molecule has 31 heavy (non-hydrogen) atoms. The summed E-state index contributed by atoms with van der Waals surface area (Å²) in [6.45, 7) is 2.77. The van der Waals surface area contributed by atoms with Crippen LogP contribution in [0.4, 0.5) is 0 Å². The summed E-state index contributed by atoms with van der Waals surface area (Å²) in [6.07, 6.45) is 5.93. The van der Waals surface area contributed by atoms with Crippen LogP contribution in [0, 0.1) is 0 Å². The van der Waals surface area contributed by atoms with Crippen molar-refractivity contribution < 1.29 is 4.79 Å². The van der Waals surface area contributed by atoms with E-state index in [1.165, 1.54) is 5.56 Å². The van der Waals surface area contributed by atoms with Crippen LogP contribution in [0.3, 0.4) is 0 Å². The number of hydrogen-bond donors (Lipinski definition) is 1. The molecule has 0 radical (unpaired) electrons. The zero-order valence-corrected chi connectivity index (χ0v) is 18.3. The predicted octanol–water partition coefficient (Wildman–Crippen LogP) is 4.82. The average Bonchev–Trinajstić information content (AvgIpc) is 3.48. The number of thioether (sulfide) groups is 1. The fourth-order valence-electron chi connectivity index (χ4n) is 3.46. The smallest absolute Gasteiger partial charge is 0.230 e. The van der Waals surface area contributed by atoms with Crippen LogP contribution in [-0.4, -0.2) is 32.6 Å². The highest BCUT2D eigenvalue weighted by Crippen LogP contribution is 2.23. The summed E-state index contributed by atoms with van der Waals surface area (Å²) in [6, 6.07) is 24.3. The van der Waals surface area contributed by atoms with E-state index in [1.54, 1.807) is 11.8 Å². The van der Waals surface area contributed by atoms with Gasteiger partial charge in [0, 0.05) is 30.3 Å². The summed E-state index contributed by atoms with van der Waals surface area (Å²) in [5, 5.41) is 7.67. The number of benzene rings is 2. The van der Waals surface area contributed by atoms with Gasteiger partial charge in [-0.05, 0) is 35.7 Å². The van der Waals surface area contributed by atoms with Gasteiger partial charge in [-0.1, -0.05) is 55.5 Å². The second-order valence-electron chi connectivity index (χ2n) is 7.44. The number of hydrogen-bond acceptors (Lipinski definition) is 3. The first-order valence-corrected chi connectivity index (χ1v) is 11.5. The highest BCUT2D eigenvalue weighted by atomic mass is 32.2. The Balaban J connectivity index is 1.36. The highest BCUT2D eigenvalue weighted by Gasteiger charge is 2.15. The Kier molecular flexibility index (Phi) is 6.89. The van der Waals surface area contributed by atoms with Crippen LogP contribution in [0.2, 0.25) is 0 Å². The second-order valence-corrected chi connectivity index (χ2v) is 8.43. The number of aromatic nitrogens is 3. The Morgan fingerprint density at radius 1 is 1.00 bits per heavy atom. The first-order valence-electron chi connectivity index (χ1n) is 10.4. The Morgan fingerprint density at radius 2 is 1.68 bits per heavy atom. The highest BCUT2D eigenvalue weighted by molar-refractivity contribution is 7.99. The maximum Gasteiger partial charge on any atom is 0.230 e. The summed E-state index contributed by atoms with van der Waals surface area (Å²) in [4.78, 5) is 12.4. The molecule has 4 aromatic rings. The second kappa shape index (κ2) is 10.2. The average molecular weight is 431 g/mol. The lowest BCUT2D eigenvalue weighted by molar-refractivity contribution is -0.118. The van der Waals surface area contributed by atoms with Gasteiger partial charge in [-0.2, -0.15) is 5.10 Å². The molecule has 4 rings (SSSR count). The minimum absolute atomic E-state index is 0.0609. The van der Waals surface area contributed by atoms with Crippen LogP contribution >= 0.6 is 11.8 Å². The maximum absolute atomic E-state index is 12.4. The molecule has 1 N–H and O–H groups in total. The van der Waals surface area contributed by atoms with Crippen molar-refractivity contribution in [3.8, 4) is 11.5 Å². The SMILES string of the molecule is CC(CNC(=O)CSCc1cnn(-c2ccccc2)c1-n1cccc1)c1ccccc1. The Morgan fingerprint density at radius 3 is 2.39 bits per heavy atom. The van der Waals surface area contributed by atoms with Crippen molar-refractivity contribution in [2.24, 2.45) is 0 Å². The van der Waals surface area contributed by atoms with Gasteiger partial charge in [0.05, 0.1) is 17.6 Å². The van der Waals surface area contributed by atoms with E-state index in [2.05, 4.69) is 34.0 Å². The van der Waals surface area contributed by atoms with Gasteiger partial charge in [-0.15, -0.1) is 11.8 Å². The van der Waals surface area contributed by atoms with E-state index >= 15 is 0 Å².